The lowest BCUT2D eigenvalue weighted by molar-refractivity contribution is -0.385. The topological polar surface area (TPSA) is 130 Å². The van der Waals surface area contributed by atoms with Crippen LogP contribution in [0.1, 0.15) is 10.4 Å². The van der Waals surface area contributed by atoms with Crippen molar-refractivity contribution < 1.29 is 14.8 Å². The maximum Gasteiger partial charge on any atom is 0.326 e. The minimum absolute atomic E-state index is 0.0920. The van der Waals surface area contributed by atoms with Gasteiger partial charge in [-0.15, -0.1) is 0 Å². The van der Waals surface area contributed by atoms with E-state index in [1.807, 2.05) is 12.1 Å². The number of phenolic OH excluding ortho intramolecular Hbond substituents is 1. The number of phenols is 1. The molecule has 0 bridgehead atoms. The number of benzene rings is 2. The van der Waals surface area contributed by atoms with Gasteiger partial charge in [0.25, 0.3) is 5.91 Å². The number of H-pyrrole nitrogens is 1. The third-order valence-electron chi connectivity index (χ3n) is 3.74. The van der Waals surface area contributed by atoms with Crippen molar-refractivity contribution >= 4 is 22.6 Å². The van der Waals surface area contributed by atoms with Gasteiger partial charge >= 0.3 is 11.4 Å². The van der Waals surface area contributed by atoms with Gasteiger partial charge in [-0.05, 0) is 24.3 Å². The van der Waals surface area contributed by atoms with Gasteiger partial charge in [0, 0.05) is 24.7 Å². The Labute approximate surface area is 140 Å². The summed E-state index contributed by atoms with van der Waals surface area (Å²) < 4.78 is 1.50. The number of fused-ring (bicyclic) bond motifs is 1. The first-order valence-corrected chi connectivity index (χ1v) is 7.40. The average Bonchev–Trinajstić information content (AvgIpc) is 2.90. The number of nitro benzene ring substituents is 1. The van der Waals surface area contributed by atoms with Crippen LogP contribution in [0.2, 0.25) is 0 Å². The summed E-state index contributed by atoms with van der Waals surface area (Å²) in [6, 6.07) is 10.6. The number of para-hydroxylation sites is 2. The van der Waals surface area contributed by atoms with Gasteiger partial charge in [-0.1, -0.05) is 12.1 Å². The van der Waals surface area contributed by atoms with Crippen LogP contribution >= 0.6 is 0 Å². The van der Waals surface area contributed by atoms with E-state index in [2.05, 4.69) is 10.3 Å². The first-order chi connectivity index (χ1) is 12.0. The zero-order valence-corrected chi connectivity index (χ0v) is 12.9. The van der Waals surface area contributed by atoms with Crippen molar-refractivity contribution in [3.63, 3.8) is 0 Å². The zero-order chi connectivity index (χ0) is 18.0. The number of nitro groups is 1. The van der Waals surface area contributed by atoms with Crippen LogP contribution in [0, 0.1) is 10.1 Å². The molecular formula is C16H14N4O5. The lowest BCUT2D eigenvalue weighted by Crippen LogP contribution is -2.30. The number of carbonyl (C=O) groups is 1. The molecule has 9 heteroatoms. The van der Waals surface area contributed by atoms with E-state index in [-0.39, 0.29) is 24.3 Å². The maximum atomic E-state index is 12.1. The summed E-state index contributed by atoms with van der Waals surface area (Å²) in [7, 11) is 0. The van der Waals surface area contributed by atoms with Gasteiger partial charge in [-0.25, -0.2) is 4.79 Å². The van der Waals surface area contributed by atoms with Gasteiger partial charge in [-0.2, -0.15) is 0 Å². The third kappa shape index (κ3) is 3.20. The van der Waals surface area contributed by atoms with Crippen molar-refractivity contribution in [2.24, 2.45) is 0 Å². The quantitative estimate of drug-likeness (QED) is 0.476. The standard InChI is InChI=1S/C16H14N4O5/c21-14-9-10(5-6-13(14)20(24)25)15(22)17-7-8-19-12-4-2-1-3-11(12)18-16(19)23/h1-6,9,21H,7-8H2,(H,17,22)(H,18,23). The van der Waals surface area contributed by atoms with Crippen LogP contribution in [0.5, 0.6) is 5.75 Å². The smallest absolute Gasteiger partial charge is 0.326 e. The Bertz CT molecular complexity index is 1020. The predicted molar refractivity (Wildman–Crippen MR) is 89.7 cm³/mol. The number of hydrogen-bond acceptors (Lipinski definition) is 5. The molecule has 0 unspecified atom stereocenters. The molecule has 3 aromatic rings. The fourth-order valence-electron chi connectivity index (χ4n) is 2.53. The highest BCUT2D eigenvalue weighted by Gasteiger charge is 2.16. The van der Waals surface area contributed by atoms with Gasteiger partial charge in [0.15, 0.2) is 5.75 Å². The molecule has 0 fully saturated rings. The second-order valence-electron chi connectivity index (χ2n) is 5.32. The molecule has 0 aliphatic carbocycles. The monoisotopic (exact) mass is 342 g/mol. The van der Waals surface area contributed by atoms with Crippen molar-refractivity contribution in [3.8, 4) is 5.75 Å². The molecule has 9 nitrogen and oxygen atoms in total. The summed E-state index contributed by atoms with van der Waals surface area (Å²) in [6.07, 6.45) is 0. The number of rotatable bonds is 5. The molecule has 1 heterocycles. The normalized spacial score (nSPS) is 10.7. The Morgan fingerprint density at radius 2 is 2.04 bits per heavy atom. The predicted octanol–water partition coefficient (Wildman–Crippen LogP) is 1.37. The van der Waals surface area contributed by atoms with E-state index >= 15 is 0 Å². The number of aromatic nitrogens is 2. The second-order valence-corrected chi connectivity index (χ2v) is 5.32. The average molecular weight is 342 g/mol. The molecule has 0 saturated heterocycles. The van der Waals surface area contributed by atoms with E-state index in [0.717, 1.165) is 17.6 Å². The molecule has 25 heavy (non-hydrogen) atoms. The number of nitrogens with one attached hydrogen (secondary N) is 2. The number of carbonyl (C=O) groups excluding carboxylic acids is 1. The van der Waals surface area contributed by atoms with Gasteiger partial charge in [-0.3, -0.25) is 19.5 Å². The van der Waals surface area contributed by atoms with Crippen LogP contribution in [0.25, 0.3) is 11.0 Å². The molecule has 3 N–H and O–H groups in total. The Balaban J connectivity index is 1.68. The molecule has 3 rings (SSSR count). The maximum absolute atomic E-state index is 12.1. The summed E-state index contributed by atoms with van der Waals surface area (Å²) in [5.74, 6) is -1.08. The molecule has 1 amide bonds. The van der Waals surface area contributed by atoms with Gasteiger partial charge < -0.3 is 15.4 Å². The highest BCUT2D eigenvalue weighted by Crippen LogP contribution is 2.26. The third-order valence-corrected chi connectivity index (χ3v) is 3.74. The van der Waals surface area contributed by atoms with Crippen molar-refractivity contribution in [1.29, 1.82) is 0 Å². The minimum Gasteiger partial charge on any atom is -0.502 e. The number of imidazole rings is 1. The SMILES string of the molecule is O=C(NCCn1c(=O)[nH]c2ccccc21)c1ccc([N+](=O)[O-])c(O)c1. The van der Waals surface area contributed by atoms with Crippen molar-refractivity contribution in [3.05, 3.63) is 68.6 Å². The molecule has 0 aliphatic heterocycles. The van der Waals surface area contributed by atoms with Crippen molar-refractivity contribution in [2.75, 3.05) is 6.54 Å². The Morgan fingerprint density at radius 1 is 1.28 bits per heavy atom. The van der Waals surface area contributed by atoms with E-state index in [9.17, 15) is 24.8 Å². The van der Waals surface area contributed by atoms with Gasteiger partial charge in [0.05, 0.1) is 16.0 Å². The van der Waals surface area contributed by atoms with Crippen LogP contribution in [0.4, 0.5) is 5.69 Å². The van der Waals surface area contributed by atoms with Gasteiger partial charge in [0.2, 0.25) is 0 Å². The summed E-state index contributed by atoms with van der Waals surface area (Å²) in [5.41, 5.74) is 0.786. The molecule has 0 aliphatic rings. The molecular weight excluding hydrogens is 328 g/mol. The fourth-order valence-corrected chi connectivity index (χ4v) is 2.53. The second kappa shape index (κ2) is 6.48. The van der Waals surface area contributed by atoms with E-state index in [4.69, 9.17) is 0 Å². The number of aromatic amines is 1. The van der Waals surface area contributed by atoms with Crippen LogP contribution in [-0.4, -0.2) is 32.0 Å². The van der Waals surface area contributed by atoms with Crippen LogP contribution in [-0.2, 0) is 6.54 Å². The zero-order valence-electron chi connectivity index (χ0n) is 12.9. The Hall–Kier alpha value is -3.62. The van der Waals surface area contributed by atoms with Crippen molar-refractivity contribution in [1.82, 2.24) is 14.9 Å². The molecule has 0 saturated carbocycles. The van der Waals surface area contributed by atoms with Crippen LogP contribution in [0.3, 0.4) is 0 Å². The summed E-state index contributed by atoms with van der Waals surface area (Å²) in [5, 5.41) is 22.8. The molecule has 1 aromatic heterocycles. The van der Waals surface area contributed by atoms with E-state index < -0.39 is 22.3 Å². The number of hydrogen-bond donors (Lipinski definition) is 3. The molecule has 0 spiro atoms. The lowest BCUT2D eigenvalue weighted by Gasteiger charge is -2.07. The largest absolute Gasteiger partial charge is 0.502 e. The Kier molecular flexibility index (Phi) is 4.21. The molecule has 128 valence electrons. The number of amides is 1. The Morgan fingerprint density at radius 3 is 2.76 bits per heavy atom. The highest BCUT2D eigenvalue weighted by atomic mass is 16.6. The van der Waals surface area contributed by atoms with E-state index in [0.29, 0.717) is 5.52 Å². The van der Waals surface area contributed by atoms with Gasteiger partial charge in [0.1, 0.15) is 0 Å². The summed E-state index contributed by atoms with van der Waals surface area (Å²) >= 11 is 0. The minimum atomic E-state index is -0.736. The summed E-state index contributed by atoms with van der Waals surface area (Å²) in [6.45, 7) is 0.436. The summed E-state index contributed by atoms with van der Waals surface area (Å²) in [4.78, 5) is 36.6. The number of nitrogens with zero attached hydrogens (tertiary/aromatic N) is 2. The lowest BCUT2D eigenvalue weighted by atomic mass is 10.2. The van der Waals surface area contributed by atoms with E-state index in [1.165, 1.54) is 10.6 Å². The van der Waals surface area contributed by atoms with Crippen molar-refractivity contribution in [2.45, 2.75) is 6.54 Å². The van der Waals surface area contributed by atoms with Crippen LogP contribution in [0.15, 0.2) is 47.3 Å². The molecule has 0 atom stereocenters. The highest BCUT2D eigenvalue weighted by molar-refractivity contribution is 5.95. The number of aromatic hydroxyl groups is 1. The molecule has 2 aromatic carbocycles. The first-order valence-electron chi connectivity index (χ1n) is 7.40. The fraction of sp³-hybridized carbons (Fsp3) is 0.125. The molecule has 0 radical (unpaired) electrons. The van der Waals surface area contributed by atoms with Crippen LogP contribution < -0.4 is 11.0 Å². The van der Waals surface area contributed by atoms with E-state index in [1.54, 1.807) is 12.1 Å². The first kappa shape index (κ1) is 16.2.